The van der Waals surface area contributed by atoms with E-state index in [1.165, 1.54) is 6.42 Å². The van der Waals surface area contributed by atoms with Crippen LogP contribution in [0.2, 0.25) is 0 Å². The summed E-state index contributed by atoms with van der Waals surface area (Å²) >= 11 is 12.1. The summed E-state index contributed by atoms with van der Waals surface area (Å²) in [5, 5.41) is 3.16. The van der Waals surface area contributed by atoms with E-state index in [0.29, 0.717) is 17.8 Å². The van der Waals surface area contributed by atoms with Crippen molar-refractivity contribution in [3.05, 3.63) is 0 Å². The van der Waals surface area contributed by atoms with Crippen molar-refractivity contribution < 1.29 is 4.79 Å². The lowest BCUT2D eigenvalue weighted by Gasteiger charge is -2.39. The van der Waals surface area contributed by atoms with Gasteiger partial charge in [0.1, 0.15) is 4.33 Å². The summed E-state index contributed by atoms with van der Waals surface area (Å²) < 4.78 is -0.868. The number of halogens is 2. The van der Waals surface area contributed by atoms with Gasteiger partial charge in [-0.25, -0.2) is 0 Å². The number of carbonyl (C=O) groups is 1. The number of hydrogen-bond acceptors (Lipinski definition) is 1. The van der Waals surface area contributed by atoms with Crippen LogP contribution in [0.25, 0.3) is 0 Å². The van der Waals surface area contributed by atoms with Gasteiger partial charge in [0, 0.05) is 6.04 Å². The molecule has 0 aromatic rings. The Balaban J connectivity index is 1.96. The van der Waals surface area contributed by atoms with Crippen LogP contribution in [0.3, 0.4) is 0 Å². The van der Waals surface area contributed by atoms with E-state index in [0.717, 1.165) is 12.8 Å². The summed E-state index contributed by atoms with van der Waals surface area (Å²) in [5.41, 5.74) is -0.292. The third-order valence-electron chi connectivity index (χ3n) is 4.48. The number of rotatable bonds is 2. The monoisotopic (exact) mass is 291 g/mol. The lowest BCUT2D eigenvalue weighted by Crippen LogP contribution is -2.46. The number of nitrogens with one attached hydrogen (secondary N) is 1. The summed E-state index contributed by atoms with van der Waals surface area (Å²) in [7, 11) is 0. The summed E-state index contributed by atoms with van der Waals surface area (Å²) in [5.74, 6) is 0.671. The van der Waals surface area contributed by atoms with Crippen LogP contribution in [0.15, 0.2) is 0 Å². The van der Waals surface area contributed by atoms with Gasteiger partial charge in [0.15, 0.2) is 0 Å². The molecule has 18 heavy (non-hydrogen) atoms. The van der Waals surface area contributed by atoms with Crippen molar-refractivity contribution in [2.45, 2.75) is 63.8 Å². The SMILES string of the molecule is C[C@H]1C[C@@H](NC(=O)[C@@]2(C)CC2(Cl)Cl)CC(C)(C)C1. The van der Waals surface area contributed by atoms with Crippen molar-refractivity contribution in [2.75, 3.05) is 0 Å². The molecule has 0 spiro atoms. The zero-order valence-corrected chi connectivity index (χ0v) is 13.2. The number of hydrogen-bond donors (Lipinski definition) is 1. The van der Waals surface area contributed by atoms with E-state index in [9.17, 15) is 4.79 Å². The van der Waals surface area contributed by atoms with Gasteiger partial charge in [0.2, 0.25) is 5.91 Å². The van der Waals surface area contributed by atoms with Crippen molar-refractivity contribution in [2.24, 2.45) is 16.7 Å². The molecule has 3 atom stereocenters. The van der Waals surface area contributed by atoms with E-state index in [1.54, 1.807) is 0 Å². The van der Waals surface area contributed by atoms with Crippen molar-refractivity contribution in [3.8, 4) is 0 Å². The highest BCUT2D eigenvalue weighted by Crippen LogP contribution is 2.63. The zero-order valence-electron chi connectivity index (χ0n) is 11.6. The molecule has 0 saturated heterocycles. The standard InChI is InChI=1S/C14H23Cl2NO/c1-9-5-10(7-12(2,3)6-9)17-11(18)13(4)8-14(13,15)16/h9-10H,5-8H2,1-4H3,(H,17,18)/t9-,10+,13+/m0/s1. The molecule has 0 aromatic carbocycles. The molecule has 0 radical (unpaired) electrons. The first-order chi connectivity index (χ1) is 8.06. The first-order valence-electron chi connectivity index (χ1n) is 6.75. The largest absolute Gasteiger partial charge is 0.353 e. The summed E-state index contributed by atoms with van der Waals surface area (Å²) in [6.07, 6.45) is 3.88. The van der Waals surface area contributed by atoms with E-state index in [1.807, 2.05) is 6.92 Å². The molecule has 0 aromatic heterocycles. The molecule has 0 heterocycles. The minimum Gasteiger partial charge on any atom is -0.353 e. The number of amides is 1. The predicted octanol–water partition coefficient (Wildman–Crippen LogP) is 3.90. The van der Waals surface area contributed by atoms with E-state index in [4.69, 9.17) is 23.2 Å². The van der Waals surface area contributed by atoms with Gasteiger partial charge in [-0.2, -0.15) is 0 Å². The first-order valence-corrected chi connectivity index (χ1v) is 7.50. The van der Waals surface area contributed by atoms with Crippen LogP contribution in [-0.2, 0) is 4.79 Å². The molecule has 2 aliphatic rings. The van der Waals surface area contributed by atoms with Crippen LogP contribution in [0.5, 0.6) is 0 Å². The number of alkyl halides is 2. The van der Waals surface area contributed by atoms with Gasteiger partial charge in [-0.3, -0.25) is 4.79 Å². The van der Waals surface area contributed by atoms with E-state index in [-0.39, 0.29) is 11.9 Å². The van der Waals surface area contributed by atoms with Gasteiger partial charge in [-0.05, 0) is 43.9 Å². The molecular weight excluding hydrogens is 269 g/mol. The van der Waals surface area contributed by atoms with E-state index >= 15 is 0 Å². The molecule has 4 heteroatoms. The Labute approximate surface area is 120 Å². The van der Waals surface area contributed by atoms with Crippen molar-refractivity contribution in [1.29, 1.82) is 0 Å². The average Bonchev–Trinajstić information content (AvgIpc) is 2.63. The fourth-order valence-electron chi connectivity index (χ4n) is 3.45. The third-order valence-corrected chi connectivity index (χ3v) is 5.58. The van der Waals surface area contributed by atoms with Gasteiger partial charge in [0.25, 0.3) is 0 Å². The Hall–Kier alpha value is 0.0500. The maximum absolute atomic E-state index is 12.2. The molecular formula is C14H23Cl2NO. The molecule has 2 fully saturated rings. The highest BCUT2D eigenvalue weighted by Gasteiger charge is 2.68. The third kappa shape index (κ3) is 2.65. The molecule has 104 valence electrons. The highest BCUT2D eigenvalue weighted by molar-refractivity contribution is 6.53. The van der Waals surface area contributed by atoms with Gasteiger partial charge in [0.05, 0.1) is 5.41 Å². The Bertz CT molecular complexity index is 367. The smallest absolute Gasteiger partial charge is 0.229 e. The second-order valence-electron chi connectivity index (χ2n) is 7.30. The van der Waals surface area contributed by atoms with Crippen LogP contribution >= 0.6 is 23.2 Å². The molecule has 1 N–H and O–H groups in total. The van der Waals surface area contributed by atoms with Gasteiger partial charge in [-0.1, -0.05) is 20.8 Å². The molecule has 2 rings (SSSR count). The normalized spacial score (nSPS) is 41.2. The Kier molecular flexibility index (Phi) is 3.43. The number of carbonyl (C=O) groups excluding carboxylic acids is 1. The topological polar surface area (TPSA) is 29.1 Å². The van der Waals surface area contributed by atoms with Gasteiger partial charge in [-0.15, -0.1) is 23.2 Å². The van der Waals surface area contributed by atoms with Crippen molar-refractivity contribution in [1.82, 2.24) is 5.32 Å². The maximum Gasteiger partial charge on any atom is 0.229 e. The second kappa shape index (κ2) is 4.28. The Morgan fingerprint density at radius 1 is 1.22 bits per heavy atom. The van der Waals surface area contributed by atoms with Crippen LogP contribution < -0.4 is 5.32 Å². The lowest BCUT2D eigenvalue weighted by molar-refractivity contribution is -0.127. The van der Waals surface area contributed by atoms with E-state index in [2.05, 4.69) is 26.1 Å². The minimum atomic E-state index is -0.868. The van der Waals surface area contributed by atoms with Crippen molar-refractivity contribution in [3.63, 3.8) is 0 Å². The highest BCUT2D eigenvalue weighted by atomic mass is 35.5. The van der Waals surface area contributed by atoms with Crippen LogP contribution in [-0.4, -0.2) is 16.3 Å². The second-order valence-corrected chi connectivity index (χ2v) is 8.78. The molecule has 2 nitrogen and oxygen atoms in total. The molecule has 2 saturated carbocycles. The molecule has 0 aliphatic heterocycles. The van der Waals surface area contributed by atoms with Crippen LogP contribution in [0.4, 0.5) is 0 Å². The lowest BCUT2D eigenvalue weighted by atomic mass is 9.70. The molecule has 1 amide bonds. The maximum atomic E-state index is 12.2. The fraction of sp³-hybridized carbons (Fsp3) is 0.929. The summed E-state index contributed by atoms with van der Waals surface area (Å²) in [6, 6.07) is 0.262. The minimum absolute atomic E-state index is 0.0161. The molecule has 2 aliphatic carbocycles. The van der Waals surface area contributed by atoms with Crippen LogP contribution in [0, 0.1) is 16.7 Å². The Morgan fingerprint density at radius 3 is 2.22 bits per heavy atom. The van der Waals surface area contributed by atoms with Crippen molar-refractivity contribution >= 4 is 29.1 Å². The quantitative estimate of drug-likeness (QED) is 0.768. The Morgan fingerprint density at radius 2 is 1.78 bits per heavy atom. The zero-order chi connectivity index (χ0) is 13.8. The van der Waals surface area contributed by atoms with Gasteiger partial charge >= 0.3 is 0 Å². The summed E-state index contributed by atoms with van der Waals surface area (Å²) in [6.45, 7) is 8.65. The molecule has 0 bridgehead atoms. The summed E-state index contributed by atoms with van der Waals surface area (Å²) in [4.78, 5) is 12.2. The van der Waals surface area contributed by atoms with Crippen LogP contribution in [0.1, 0.15) is 53.4 Å². The molecule has 0 unspecified atom stereocenters. The van der Waals surface area contributed by atoms with E-state index < -0.39 is 9.75 Å². The average molecular weight is 292 g/mol. The van der Waals surface area contributed by atoms with Gasteiger partial charge < -0.3 is 5.32 Å². The first kappa shape index (κ1) is 14.5. The fourth-order valence-corrected chi connectivity index (χ4v) is 4.15. The predicted molar refractivity (Wildman–Crippen MR) is 75.9 cm³/mol.